The minimum Gasteiger partial charge on any atom is -0.495 e. The summed E-state index contributed by atoms with van der Waals surface area (Å²) in [4.78, 5) is 0. The molecule has 0 saturated heterocycles. The van der Waals surface area contributed by atoms with Gasteiger partial charge in [-0.05, 0) is 12.1 Å². The molecule has 0 aliphatic carbocycles. The lowest BCUT2D eigenvalue weighted by Crippen LogP contribution is -2.59. The van der Waals surface area contributed by atoms with Gasteiger partial charge in [-0.3, -0.25) is 0 Å². The molecule has 1 aromatic rings. The highest BCUT2D eigenvalue weighted by Crippen LogP contribution is 2.59. The number of halogens is 11. The largest absolute Gasteiger partial charge is 0.495 e. The maximum Gasteiger partial charge on any atom is 0.460 e. The molecule has 0 atom stereocenters. The zero-order chi connectivity index (χ0) is 18.4. The van der Waals surface area contributed by atoms with Crippen LogP contribution < -0.4 is 4.74 Å². The Hall–Kier alpha value is -0.840. The Morgan fingerprint density at radius 2 is 1.39 bits per heavy atom. The maximum absolute atomic E-state index is 13.9. The van der Waals surface area contributed by atoms with Crippen molar-refractivity contribution in [1.82, 2.24) is 0 Å². The Bertz CT molecular complexity index is 600. The molecular formula is C11H5BrClF9O. The first-order valence-corrected chi connectivity index (χ1v) is 6.52. The third-order valence-corrected chi connectivity index (χ3v) is 3.68. The Labute approximate surface area is 136 Å². The van der Waals surface area contributed by atoms with E-state index in [9.17, 15) is 39.5 Å². The van der Waals surface area contributed by atoms with Gasteiger partial charge in [-0.25, -0.2) is 0 Å². The summed E-state index contributed by atoms with van der Waals surface area (Å²) in [6, 6.07) is 1.57. The third-order valence-electron chi connectivity index (χ3n) is 2.72. The van der Waals surface area contributed by atoms with Crippen molar-refractivity contribution in [3.05, 3.63) is 27.2 Å². The van der Waals surface area contributed by atoms with Crippen molar-refractivity contribution in [1.29, 1.82) is 0 Å². The molecule has 1 nitrogen and oxygen atoms in total. The molecule has 132 valence electrons. The molecule has 0 aliphatic rings. The Morgan fingerprint density at radius 1 is 0.913 bits per heavy atom. The number of methoxy groups -OCH3 is 1. The lowest BCUT2D eigenvalue weighted by molar-refractivity contribution is -0.399. The van der Waals surface area contributed by atoms with Crippen LogP contribution in [0.1, 0.15) is 5.56 Å². The first-order valence-electron chi connectivity index (χ1n) is 5.35. The highest BCUT2D eigenvalue weighted by Gasteiger charge is 2.82. The average molecular weight is 439 g/mol. The molecule has 0 amide bonds. The van der Waals surface area contributed by atoms with Crippen LogP contribution in [0.4, 0.5) is 39.5 Å². The van der Waals surface area contributed by atoms with Gasteiger partial charge in [0, 0.05) is 4.47 Å². The summed E-state index contributed by atoms with van der Waals surface area (Å²) in [5, 5.41) is -0.684. The second-order valence-corrected chi connectivity index (χ2v) is 5.42. The normalized spacial score (nSPS) is 14.1. The van der Waals surface area contributed by atoms with Gasteiger partial charge in [-0.2, -0.15) is 39.5 Å². The van der Waals surface area contributed by atoms with E-state index in [-0.39, 0.29) is 0 Å². The summed E-state index contributed by atoms with van der Waals surface area (Å²) >= 11 is 7.82. The van der Waals surface area contributed by atoms with Crippen LogP contribution in [0.5, 0.6) is 5.75 Å². The summed E-state index contributed by atoms with van der Waals surface area (Å²) in [7, 11) is 0.702. The summed E-state index contributed by atoms with van der Waals surface area (Å²) in [6.07, 6.45) is -6.90. The number of hydrogen-bond donors (Lipinski definition) is 0. The van der Waals surface area contributed by atoms with Crippen LogP contribution in [-0.4, -0.2) is 25.1 Å². The van der Waals surface area contributed by atoms with E-state index in [1.807, 2.05) is 0 Å². The van der Waals surface area contributed by atoms with Crippen LogP contribution in [-0.2, 0) is 5.92 Å². The standard InChI is InChI=1S/C11H5BrClF9O/c1-23-7-5(13)3-2-4(12)6(7)8(14,15)9(16,17)10(18,19)11(20,21)22/h2-3H,1H3. The summed E-state index contributed by atoms with van der Waals surface area (Å²) in [5.74, 6) is -20.9. The van der Waals surface area contributed by atoms with Gasteiger partial charge in [-0.15, -0.1) is 0 Å². The number of alkyl halides is 9. The quantitative estimate of drug-likeness (QED) is 0.520. The smallest absolute Gasteiger partial charge is 0.460 e. The van der Waals surface area contributed by atoms with E-state index in [0.29, 0.717) is 13.2 Å². The van der Waals surface area contributed by atoms with E-state index in [4.69, 9.17) is 11.6 Å². The monoisotopic (exact) mass is 438 g/mol. The van der Waals surface area contributed by atoms with Crippen molar-refractivity contribution in [3.8, 4) is 5.75 Å². The van der Waals surface area contributed by atoms with Crippen molar-refractivity contribution in [2.75, 3.05) is 7.11 Å². The highest BCUT2D eigenvalue weighted by molar-refractivity contribution is 9.10. The molecule has 12 heteroatoms. The van der Waals surface area contributed by atoms with E-state index in [1.54, 1.807) is 0 Å². The van der Waals surface area contributed by atoms with Crippen LogP contribution in [0.3, 0.4) is 0 Å². The van der Waals surface area contributed by atoms with Crippen LogP contribution >= 0.6 is 27.5 Å². The second-order valence-electron chi connectivity index (χ2n) is 4.16. The van der Waals surface area contributed by atoms with Gasteiger partial charge in [0.2, 0.25) is 0 Å². The summed E-state index contributed by atoms with van der Waals surface area (Å²) in [5.41, 5.74) is -1.93. The molecule has 0 saturated carbocycles. The van der Waals surface area contributed by atoms with Crippen molar-refractivity contribution < 1.29 is 44.3 Å². The molecule has 0 spiro atoms. The molecule has 0 bridgehead atoms. The molecule has 0 radical (unpaired) electrons. The van der Waals surface area contributed by atoms with Crippen LogP contribution in [0.25, 0.3) is 0 Å². The molecule has 0 fully saturated rings. The lowest BCUT2D eigenvalue weighted by atomic mass is 9.96. The van der Waals surface area contributed by atoms with Crippen molar-refractivity contribution in [2.24, 2.45) is 0 Å². The fourth-order valence-electron chi connectivity index (χ4n) is 1.56. The predicted octanol–water partition coefficient (Wildman–Crippen LogP) is 6.04. The number of rotatable bonds is 4. The number of ether oxygens (including phenoxy) is 1. The Morgan fingerprint density at radius 3 is 1.78 bits per heavy atom. The Balaban J connectivity index is 3.69. The van der Waals surface area contributed by atoms with Gasteiger partial charge in [0.05, 0.1) is 17.7 Å². The minimum absolute atomic E-state index is 0.676. The first-order chi connectivity index (χ1) is 10.1. The minimum atomic E-state index is -7.00. The highest BCUT2D eigenvalue weighted by atomic mass is 79.9. The third kappa shape index (κ3) is 2.97. The van der Waals surface area contributed by atoms with E-state index in [0.717, 1.165) is 6.07 Å². The van der Waals surface area contributed by atoms with Gasteiger partial charge in [0.15, 0.2) is 0 Å². The molecule has 0 aromatic heterocycles. The zero-order valence-corrected chi connectivity index (χ0v) is 13.1. The van der Waals surface area contributed by atoms with E-state index in [1.165, 1.54) is 0 Å². The molecule has 23 heavy (non-hydrogen) atoms. The van der Waals surface area contributed by atoms with Gasteiger partial charge in [-0.1, -0.05) is 27.5 Å². The van der Waals surface area contributed by atoms with E-state index in [2.05, 4.69) is 20.7 Å². The van der Waals surface area contributed by atoms with Crippen LogP contribution in [0.15, 0.2) is 16.6 Å². The summed E-state index contributed by atoms with van der Waals surface area (Å²) in [6.45, 7) is 0. The molecule has 1 aromatic carbocycles. The van der Waals surface area contributed by atoms with Gasteiger partial charge < -0.3 is 4.74 Å². The number of hydrogen-bond acceptors (Lipinski definition) is 1. The van der Waals surface area contributed by atoms with Gasteiger partial charge >= 0.3 is 23.9 Å². The van der Waals surface area contributed by atoms with Crippen LogP contribution in [0.2, 0.25) is 5.02 Å². The average Bonchev–Trinajstić information content (AvgIpc) is 2.38. The molecule has 0 unspecified atom stereocenters. The zero-order valence-electron chi connectivity index (χ0n) is 10.7. The fourth-order valence-corrected chi connectivity index (χ4v) is 2.35. The molecular weight excluding hydrogens is 434 g/mol. The van der Waals surface area contributed by atoms with Crippen LogP contribution in [0, 0.1) is 0 Å². The predicted molar refractivity (Wildman–Crippen MR) is 65.5 cm³/mol. The van der Waals surface area contributed by atoms with E-state index >= 15 is 0 Å². The molecule has 0 heterocycles. The van der Waals surface area contributed by atoms with Gasteiger partial charge in [0.25, 0.3) is 0 Å². The molecule has 1 rings (SSSR count). The summed E-state index contributed by atoms with van der Waals surface area (Å²) < 4.78 is 120. The van der Waals surface area contributed by atoms with Crippen molar-refractivity contribution in [3.63, 3.8) is 0 Å². The first kappa shape index (κ1) is 20.2. The number of benzene rings is 1. The fraction of sp³-hybridized carbons (Fsp3) is 0.455. The van der Waals surface area contributed by atoms with E-state index < -0.39 is 44.8 Å². The van der Waals surface area contributed by atoms with Crippen molar-refractivity contribution >= 4 is 27.5 Å². The van der Waals surface area contributed by atoms with Crippen molar-refractivity contribution in [2.45, 2.75) is 23.9 Å². The SMILES string of the molecule is COc1c(Cl)ccc(Br)c1C(F)(F)C(F)(F)C(F)(F)C(F)(F)F. The maximum atomic E-state index is 13.9. The lowest BCUT2D eigenvalue weighted by Gasteiger charge is -2.34. The molecule has 0 aliphatic heterocycles. The topological polar surface area (TPSA) is 9.23 Å². The second kappa shape index (κ2) is 5.91. The van der Waals surface area contributed by atoms with Gasteiger partial charge in [0.1, 0.15) is 5.75 Å². The Kier molecular flexibility index (Phi) is 5.19. The molecule has 0 N–H and O–H groups in total.